The predicted molar refractivity (Wildman–Crippen MR) is 129 cm³/mol. The van der Waals surface area contributed by atoms with Crippen LogP contribution in [0, 0.1) is 0 Å². The van der Waals surface area contributed by atoms with Crippen molar-refractivity contribution >= 4 is 48.8 Å². The van der Waals surface area contributed by atoms with Crippen LogP contribution in [0.2, 0.25) is 0 Å². The normalized spacial score (nSPS) is 10.3. The number of halogens is 3. The molecule has 138 valence electrons. The van der Waals surface area contributed by atoms with E-state index in [-0.39, 0.29) is 0 Å². The third-order valence-corrected chi connectivity index (χ3v) is 5.14. The van der Waals surface area contributed by atoms with Crippen LogP contribution in [0.1, 0.15) is 5.56 Å². The molecule has 1 nitrogen and oxygen atoms in total. The fraction of sp³-hybridized carbons (Fsp3) is 0.0455. The summed E-state index contributed by atoms with van der Waals surface area (Å²) in [5, 5.41) is 0. The van der Waals surface area contributed by atoms with Gasteiger partial charge in [-0.25, -0.2) is 0 Å². The van der Waals surface area contributed by atoms with Gasteiger partial charge in [-0.15, -0.1) is 3.96 Å². The molecule has 0 amide bonds. The Balaban J connectivity index is 0.000000659. The van der Waals surface area contributed by atoms with Crippen molar-refractivity contribution in [1.29, 1.82) is 0 Å². The average molecular weight is 709 g/mol. The van der Waals surface area contributed by atoms with Crippen molar-refractivity contribution in [1.82, 2.24) is 0 Å². The van der Waals surface area contributed by atoms with Crippen molar-refractivity contribution in [3.63, 3.8) is 0 Å². The molecular formula is C22H18I3NS. The van der Waals surface area contributed by atoms with Gasteiger partial charge in [0.05, 0.1) is 0 Å². The maximum atomic E-state index is 2.39. The van der Waals surface area contributed by atoms with Crippen LogP contribution < -0.4 is 17.2 Å². The Kier molecular flexibility index (Phi) is 9.01. The summed E-state index contributed by atoms with van der Waals surface area (Å²) in [7, 11) is 0. The van der Waals surface area contributed by atoms with Crippen LogP contribution >= 0.6 is 48.8 Å². The largest absolute Gasteiger partial charge is 0.228 e. The van der Waals surface area contributed by atoms with Crippen LogP contribution in [0.3, 0.4) is 0 Å². The second-order valence-corrected chi connectivity index (χ2v) is 23.1. The van der Waals surface area contributed by atoms with Crippen molar-refractivity contribution in [2.24, 2.45) is 0 Å². The Labute approximate surface area is 194 Å². The van der Waals surface area contributed by atoms with Crippen LogP contribution in [0.15, 0.2) is 97.1 Å². The molecule has 27 heavy (non-hydrogen) atoms. The van der Waals surface area contributed by atoms with E-state index < -0.39 is 0 Å². The van der Waals surface area contributed by atoms with Crippen molar-refractivity contribution < 1.29 is 17.2 Å². The Bertz CT molecular complexity index is 941. The molecule has 0 unspecified atom stereocenters. The van der Waals surface area contributed by atoms with E-state index in [1.807, 2.05) is 11.5 Å². The first-order chi connectivity index (χ1) is 13.3. The standard InChI is InChI=1S/C22H18NS.I3/c1-4-10-18(11-5-1)17-23-21(19-12-6-2-7-13-19)16-22(24-23)20-14-8-3-9-15-20;1-3-2/h1-16H,17H2;/q+1;-1. The van der Waals surface area contributed by atoms with Gasteiger partial charge in [0.1, 0.15) is 16.4 Å². The Hall–Kier alpha value is -0.520. The van der Waals surface area contributed by atoms with E-state index >= 15 is 0 Å². The summed E-state index contributed by atoms with van der Waals surface area (Å²) < 4.78 is 2.38. The number of aromatic nitrogens is 1. The first-order valence-electron chi connectivity index (χ1n) is 8.38. The summed E-state index contributed by atoms with van der Waals surface area (Å²) in [6, 6.07) is 34.2. The fourth-order valence-electron chi connectivity index (χ4n) is 2.83. The molecule has 5 heteroatoms. The molecule has 0 saturated heterocycles. The Morgan fingerprint density at radius 3 is 1.74 bits per heavy atom. The molecule has 4 rings (SSSR count). The van der Waals surface area contributed by atoms with Gasteiger partial charge in [0, 0.05) is 17.2 Å². The van der Waals surface area contributed by atoms with Crippen molar-refractivity contribution in [3.8, 4) is 21.7 Å². The number of hydrogen-bond acceptors (Lipinski definition) is 1. The van der Waals surface area contributed by atoms with Crippen molar-refractivity contribution in [2.45, 2.75) is 6.54 Å². The topological polar surface area (TPSA) is 3.88 Å². The zero-order valence-corrected chi connectivity index (χ0v) is 21.7. The summed E-state index contributed by atoms with van der Waals surface area (Å²) in [6.07, 6.45) is 0. The monoisotopic (exact) mass is 709 g/mol. The maximum absolute atomic E-state index is 2.39. The van der Waals surface area contributed by atoms with E-state index in [1.165, 1.54) is 27.3 Å². The summed E-state index contributed by atoms with van der Waals surface area (Å²) in [4.78, 5) is 1.30. The molecule has 0 fully saturated rings. The molecule has 0 N–H and O–H groups in total. The molecule has 1 heterocycles. The minimum atomic E-state index is 0.530. The fourth-order valence-corrected chi connectivity index (χ4v) is 3.95. The van der Waals surface area contributed by atoms with Gasteiger partial charge < -0.3 is 0 Å². The van der Waals surface area contributed by atoms with Gasteiger partial charge in [0.15, 0.2) is 6.54 Å². The minimum Gasteiger partial charge on any atom is -0.129 e. The second kappa shape index (κ2) is 11.5. The van der Waals surface area contributed by atoms with Gasteiger partial charge >= 0.3 is 50.5 Å². The molecule has 3 aromatic carbocycles. The number of nitrogens with zero attached hydrogens (tertiary/aromatic N) is 1. The van der Waals surface area contributed by atoms with Gasteiger partial charge in [-0.2, -0.15) is 0 Å². The van der Waals surface area contributed by atoms with E-state index in [0.717, 1.165) is 6.54 Å². The van der Waals surface area contributed by atoms with Crippen LogP contribution in [-0.4, -0.2) is 0 Å². The molecule has 0 atom stereocenters. The molecule has 0 bridgehead atoms. The van der Waals surface area contributed by atoms with Crippen LogP contribution in [0.4, 0.5) is 0 Å². The average Bonchev–Trinajstić information content (AvgIpc) is 3.14. The third kappa shape index (κ3) is 6.23. The van der Waals surface area contributed by atoms with Gasteiger partial charge in [0.25, 0.3) is 0 Å². The van der Waals surface area contributed by atoms with Crippen molar-refractivity contribution in [3.05, 3.63) is 103 Å². The van der Waals surface area contributed by atoms with Gasteiger partial charge in [-0.3, -0.25) is 0 Å². The molecular weight excluding hydrogens is 691 g/mol. The first kappa shape index (κ1) is 21.2. The minimum absolute atomic E-state index is 0.530. The Morgan fingerprint density at radius 1 is 0.704 bits per heavy atom. The molecule has 0 spiro atoms. The third-order valence-electron chi connectivity index (χ3n) is 4.04. The van der Waals surface area contributed by atoms with Gasteiger partial charge in [0.2, 0.25) is 5.69 Å². The van der Waals surface area contributed by atoms with E-state index in [0.29, 0.717) is 13.3 Å². The van der Waals surface area contributed by atoms with Crippen LogP contribution in [0.5, 0.6) is 0 Å². The zero-order chi connectivity index (χ0) is 18.9. The van der Waals surface area contributed by atoms with E-state index in [4.69, 9.17) is 0 Å². The van der Waals surface area contributed by atoms with E-state index in [2.05, 4.69) is 138 Å². The van der Waals surface area contributed by atoms with E-state index in [9.17, 15) is 0 Å². The van der Waals surface area contributed by atoms with Gasteiger partial charge in [-0.1, -0.05) is 78.9 Å². The maximum Gasteiger partial charge on any atom is 0.228 e. The second-order valence-electron chi connectivity index (χ2n) is 5.79. The molecule has 0 aliphatic rings. The van der Waals surface area contributed by atoms with Crippen LogP contribution in [-0.2, 0) is 6.54 Å². The van der Waals surface area contributed by atoms with Crippen LogP contribution in [0.25, 0.3) is 21.7 Å². The van der Waals surface area contributed by atoms with E-state index in [1.54, 1.807) is 0 Å². The quantitative estimate of drug-likeness (QED) is 0.221. The molecule has 0 aliphatic heterocycles. The molecule has 0 saturated carbocycles. The predicted octanol–water partition coefficient (Wildman–Crippen LogP) is 4.19. The zero-order valence-electron chi connectivity index (χ0n) is 14.4. The number of hydrogen-bond donors (Lipinski definition) is 0. The summed E-state index contributed by atoms with van der Waals surface area (Å²) in [5.41, 5.74) is 5.11. The molecule has 4 aromatic rings. The molecule has 1 aromatic heterocycles. The van der Waals surface area contributed by atoms with Gasteiger partial charge in [-0.05, 0) is 17.7 Å². The summed E-state index contributed by atoms with van der Waals surface area (Å²) in [6.45, 7) is 0.891. The summed E-state index contributed by atoms with van der Waals surface area (Å²) in [5.74, 6) is 0. The molecule has 0 aliphatic carbocycles. The number of benzene rings is 3. The summed E-state index contributed by atoms with van der Waals surface area (Å²) >= 11 is 7.12. The number of rotatable bonds is 4. The SMILES string of the molecule is I[I-]I.c1ccc(C[n+]2sc(-c3ccccc3)cc2-c2ccccc2)cc1. The Morgan fingerprint density at radius 2 is 1.19 bits per heavy atom. The molecule has 0 radical (unpaired) electrons. The van der Waals surface area contributed by atoms with Crippen molar-refractivity contribution in [2.75, 3.05) is 0 Å². The smallest absolute Gasteiger partial charge is 0.129 e. The first-order valence-corrected chi connectivity index (χ1v) is 21.7.